The van der Waals surface area contributed by atoms with Crippen molar-refractivity contribution in [1.82, 2.24) is 0 Å². The predicted molar refractivity (Wildman–Crippen MR) is 127 cm³/mol. The van der Waals surface area contributed by atoms with Gasteiger partial charge in [-0.3, -0.25) is 0 Å². The first-order valence-corrected chi connectivity index (χ1v) is 10.5. The van der Waals surface area contributed by atoms with Gasteiger partial charge in [0.25, 0.3) is 0 Å². The van der Waals surface area contributed by atoms with Gasteiger partial charge < -0.3 is 9.47 Å². The van der Waals surface area contributed by atoms with E-state index >= 15 is 0 Å². The van der Waals surface area contributed by atoms with Gasteiger partial charge in [-0.2, -0.15) is 0 Å². The molecule has 0 atom stereocenters. The normalized spacial score (nSPS) is 14.5. The van der Waals surface area contributed by atoms with E-state index < -0.39 is 5.97 Å². The lowest BCUT2D eigenvalue weighted by Crippen LogP contribution is -2.05. The number of cyclic esters (lactones) is 1. The highest BCUT2D eigenvalue weighted by Gasteiger charge is 2.25. The first kappa shape index (κ1) is 20.0. The van der Waals surface area contributed by atoms with Crippen molar-refractivity contribution >= 4 is 40.3 Å². The number of aliphatic imine (C=N–C) groups is 1. The number of halogens is 1. The molecule has 1 aliphatic rings. The molecule has 0 bridgehead atoms. The number of hydrogen-bond donors (Lipinski definition) is 0. The van der Waals surface area contributed by atoms with Crippen molar-refractivity contribution in [2.45, 2.75) is 6.61 Å². The molecule has 0 saturated heterocycles. The molecule has 5 heteroatoms. The van der Waals surface area contributed by atoms with Crippen LogP contribution in [0.5, 0.6) is 5.75 Å². The number of benzene rings is 4. The first-order chi connectivity index (χ1) is 15.7. The average molecular weight is 440 g/mol. The van der Waals surface area contributed by atoms with Gasteiger partial charge in [0.15, 0.2) is 5.70 Å². The monoisotopic (exact) mass is 439 g/mol. The largest absolute Gasteiger partial charge is 0.488 e. The topological polar surface area (TPSA) is 47.9 Å². The SMILES string of the molecule is O=C1OC(c2cccc(Cl)c2)=N/C1=C\c1c(OCc2ccccc2)ccc2ccccc12. The quantitative estimate of drug-likeness (QED) is 0.266. The maximum Gasteiger partial charge on any atom is 0.363 e. The number of carbonyl (C=O) groups is 1. The molecule has 0 N–H and O–H groups in total. The van der Waals surface area contributed by atoms with Crippen molar-refractivity contribution in [3.63, 3.8) is 0 Å². The Kier molecular flexibility index (Phi) is 5.44. The van der Waals surface area contributed by atoms with E-state index in [4.69, 9.17) is 21.1 Å². The minimum atomic E-state index is -0.512. The van der Waals surface area contributed by atoms with E-state index in [1.165, 1.54) is 0 Å². The number of ether oxygens (including phenoxy) is 2. The molecule has 0 unspecified atom stereocenters. The molecule has 0 amide bonds. The fourth-order valence-electron chi connectivity index (χ4n) is 3.58. The molecule has 32 heavy (non-hydrogen) atoms. The van der Waals surface area contributed by atoms with Gasteiger partial charge in [-0.05, 0) is 46.7 Å². The molecule has 1 heterocycles. The molecule has 0 aliphatic carbocycles. The smallest absolute Gasteiger partial charge is 0.363 e. The minimum absolute atomic E-state index is 0.209. The van der Waals surface area contributed by atoms with E-state index in [1.807, 2.05) is 66.7 Å². The maximum absolute atomic E-state index is 12.6. The third-order valence-corrected chi connectivity index (χ3v) is 5.38. The number of rotatable bonds is 5. The summed E-state index contributed by atoms with van der Waals surface area (Å²) in [4.78, 5) is 17.0. The molecule has 0 radical (unpaired) electrons. The van der Waals surface area contributed by atoms with E-state index in [0.29, 0.717) is 22.9 Å². The van der Waals surface area contributed by atoms with Crippen LogP contribution < -0.4 is 4.74 Å². The van der Waals surface area contributed by atoms with Crippen molar-refractivity contribution in [2.75, 3.05) is 0 Å². The van der Waals surface area contributed by atoms with Crippen LogP contribution in [0.1, 0.15) is 16.7 Å². The standard InChI is InChI=1S/C27H18ClNO3/c28-21-11-6-10-20(15-21)26-29-24(27(30)32-26)16-23-22-12-5-4-9-19(22)13-14-25(23)31-17-18-7-2-1-3-8-18/h1-16H,17H2/b24-16-. The van der Waals surface area contributed by atoms with Gasteiger partial charge in [-0.15, -0.1) is 0 Å². The molecule has 1 aliphatic heterocycles. The van der Waals surface area contributed by atoms with Crippen LogP contribution in [0.2, 0.25) is 5.02 Å². The van der Waals surface area contributed by atoms with Gasteiger partial charge in [0, 0.05) is 16.1 Å². The Hall–Kier alpha value is -3.89. The van der Waals surface area contributed by atoms with Crippen molar-refractivity contribution in [2.24, 2.45) is 4.99 Å². The summed E-state index contributed by atoms with van der Waals surface area (Å²) >= 11 is 6.07. The van der Waals surface area contributed by atoms with Crippen molar-refractivity contribution in [3.05, 3.63) is 118 Å². The number of carbonyl (C=O) groups excluding carboxylic acids is 1. The highest BCUT2D eigenvalue weighted by Crippen LogP contribution is 2.32. The van der Waals surface area contributed by atoms with E-state index in [1.54, 1.807) is 30.3 Å². The van der Waals surface area contributed by atoms with Crippen molar-refractivity contribution in [3.8, 4) is 5.75 Å². The number of fused-ring (bicyclic) bond motifs is 1. The number of hydrogen-bond acceptors (Lipinski definition) is 4. The van der Waals surface area contributed by atoms with Crippen molar-refractivity contribution in [1.29, 1.82) is 0 Å². The summed E-state index contributed by atoms with van der Waals surface area (Å²) in [6.45, 7) is 0.414. The minimum Gasteiger partial charge on any atom is -0.488 e. The van der Waals surface area contributed by atoms with Crippen LogP contribution in [-0.4, -0.2) is 11.9 Å². The maximum atomic E-state index is 12.6. The Morgan fingerprint density at radius 1 is 0.906 bits per heavy atom. The summed E-state index contributed by atoms with van der Waals surface area (Å²) in [6.07, 6.45) is 1.72. The fraction of sp³-hybridized carbons (Fsp3) is 0.0370. The second-order valence-electron chi connectivity index (χ2n) is 7.32. The molecule has 0 aromatic heterocycles. The summed E-state index contributed by atoms with van der Waals surface area (Å²) in [5.41, 5.74) is 2.69. The Balaban J connectivity index is 1.56. The van der Waals surface area contributed by atoms with Crippen LogP contribution in [0.4, 0.5) is 0 Å². The Bertz CT molecular complexity index is 1380. The van der Waals surface area contributed by atoms with Gasteiger partial charge in [-0.1, -0.05) is 78.3 Å². The van der Waals surface area contributed by atoms with E-state index in [9.17, 15) is 4.79 Å². The van der Waals surface area contributed by atoms with Gasteiger partial charge in [0.1, 0.15) is 12.4 Å². The third-order valence-electron chi connectivity index (χ3n) is 5.14. The Morgan fingerprint density at radius 2 is 1.72 bits per heavy atom. The van der Waals surface area contributed by atoms with Gasteiger partial charge in [0.2, 0.25) is 5.90 Å². The fourth-order valence-corrected chi connectivity index (χ4v) is 3.77. The molecular weight excluding hydrogens is 422 g/mol. The summed E-state index contributed by atoms with van der Waals surface area (Å²) in [6, 6.07) is 28.9. The molecule has 156 valence electrons. The van der Waals surface area contributed by atoms with E-state index in [0.717, 1.165) is 21.9 Å². The van der Waals surface area contributed by atoms with Crippen LogP contribution in [0.15, 0.2) is 102 Å². The lowest BCUT2D eigenvalue weighted by atomic mass is 10.0. The zero-order valence-corrected chi connectivity index (χ0v) is 17.8. The molecule has 0 fully saturated rings. The molecule has 0 saturated carbocycles. The molecule has 4 aromatic rings. The first-order valence-electron chi connectivity index (χ1n) is 10.1. The van der Waals surface area contributed by atoms with Crippen molar-refractivity contribution < 1.29 is 14.3 Å². The van der Waals surface area contributed by atoms with Gasteiger partial charge >= 0.3 is 5.97 Å². The van der Waals surface area contributed by atoms with Gasteiger partial charge in [-0.25, -0.2) is 9.79 Å². The molecule has 5 rings (SSSR count). The molecular formula is C27H18ClNO3. The number of esters is 1. The van der Waals surface area contributed by atoms with Gasteiger partial charge in [0.05, 0.1) is 0 Å². The van der Waals surface area contributed by atoms with Crippen LogP contribution in [0.3, 0.4) is 0 Å². The van der Waals surface area contributed by atoms with E-state index in [2.05, 4.69) is 4.99 Å². The lowest BCUT2D eigenvalue weighted by Gasteiger charge is -2.12. The van der Waals surface area contributed by atoms with Crippen LogP contribution in [0, 0.1) is 0 Å². The lowest BCUT2D eigenvalue weighted by molar-refractivity contribution is -0.129. The van der Waals surface area contributed by atoms with Crippen LogP contribution in [-0.2, 0) is 16.1 Å². The zero-order valence-electron chi connectivity index (χ0n) is 17.0. The second-order valence-corrected chi connectivity index (χ2v) is 7.76. The summed E-state index contributed by atoms with van der Waals surface area (Å²) in [5.74, 6) is 0.386. The third kappa shape index (κ3) is 4.13. The highest BCUT2D eigenvalue weighted by atomic mass is 35.5. The number of nitrogens with zero attached hydrogens (tertiary/aromatic N) is 1. The highest BCUT2D eigenvalue weighted by molar-refractivity contribution is 6.31. The predicted octanol–water partition coefficient (Wildman–Crippen LogP) is 6.42. The van der Waals surface area contributed by atoms with Crippen LogP contribution in [0.25, 0.3) is 16.8 Å². The van der Waals surface area contributed by atoms with Crippen LogP contribution >= 0.6 is 11.6 Å². The summed E-state index contributed by atoms with van der Waals surface area (Å²) < 4.78 is 11.6. The second kappa shape index (κ2) is 8.69. The molecule has 0 spiro atoms. The molecule has 4 aromatic carbocycles. The Labute approximate surface area is 190 Å². The summed E-state index contributed by atoms with van der Waals surface area (Å²) in [5, 5.41) is 2.55. The Morgan fingerprint density at radius 3 is 2.56 bits per heavy atom. The summed E-state index contributed by atoms with van der Waals surface area (Å²) in [7, 11) is 0. The average Bonchev–Trinajstić information content (AvgIpc) is 3.19. The zero-order chi connectivity index (χ0) is 21.9. The molecule has 4 nitrogen and oxygen atoms in total. The van der Waals surface area contributed by atoms with E-state index in [-0.39, 0.29) is 11.6 Å².